The number of hydrogen-bond donors (Lipinski definition) is 1. The van der Waals surface area contributed by atoms with E-state index < -0.39 is 11.0 Å². The summed E-state index contributed by atoms with van der Waals surface area (Å²) < 4.78 is 5.54. The molecule has 0 bridgehead atoms. The molecule has 0 aromatic rings. The maximum absolute atomic E-state index is 12.7. The Hall–Kier alpha value is -0.610. The quantitative estimate of drug-likeness (QED) is 0.766. The highest BCUT2D eigenvalue weighted by Crippen LogP contribution is 2.56. The monoisotopic (exact) mass is 299 g/mol. The number of carbonyl (C=O) groups excluding carboxylic acids is 1. The zero-order chi connectivity index (χ0) is 16.3. The summed E-state index contributed by atoms with van der Waals surface area (Å²) in [5.74, 6) is -0.153. The lowest BCUT2D eigenvalue weighted by molar-refractivity contribution is -0.181. The number of carbonyl (C=O) groups is 1. The van der Waals surface area contributed by atoms with E-state index in [0.29, 0.717) is 19.4 Å². The smallest absolute Gasteiger partial charge is 0.312 e. The van der Waals surface area contributed by atoms with Gasteiger partial charge in [0.2, 0.25) is 0 Å². The third-order valence-corrected chi connectivity index (χ3v) is 5.82. The molecule has 3 atom stereocenters. The Bertz CT molecular complexity index is 371. The van der Waals surface area contributed by atoms with Gasteiger partial charge >= 0.3 is 5.97 Å². The Balaban J connectivity index is 2.90. The summed E-state index contributed by atoms with van der Waals surface area (Å²) in [5.41, 5.74) is -1.45. The molecule has 0 radical (unpaired) electrons. The molecule has 3 unspecified atom stereocenters. The SMILES string of the molecule is CCC1(O)CCC(C)(CC)C(C)(C(=O)OCCN(C)C)C1. The molecular formula is C17H33NO3. The van der Waals surface area contributed by atoms with Crippen molar-refractivity contribution in [3.8, 4) is 0 Å². The van der Waals surface area contributed by atoms with Crippen molar-refractivity contribution < 1.29 is 14.6 Å². The minimum absolute atomic E-state index is 0.108. The lowest BCUT2D eigenvalue weighted by Gasteiger charge is -2.53. The van der Waals surface area contributed by atoms with E-state index in [1.165, 1.54) is 0 Å². The Labute approximate surface area is 129 Å². The zero-order valence-electron chi connectivity index (χ0n) is 14.7. The van der Waals surface area contributed by atoms with Crippen LogP contribution in [0.15, 0.2) is 0 Å². The van der Waals surface area contributed by atoms with Crippen molar-refractivity contribution in [3.05, 3.63) is 0 Å². The minimum atomic E-state index is -0.732. The van der Waals surface area contributed by atoms with Crippen LogP contribution < -0.4 is 0 Å². The molecular weight excluding hydrogens is 266 g/mol. The second-order valence-electron chi connectivity index (χ2n) is 7.44. The molecule has 1 fully saturated rings. The number of hydrogen-bond acceptors (Lipinski definition) is 4. The summed E-state index contributed by atoms with van der Waals surface area (Å²) in [6.07, 6.45) is 3.75. The van der Waals surface area contributed by atoms with Crippen LogP contribution in [0.2, 0.25) is 0 Å². The third kappa shape index (κ3) is 3.78. The number of nitrogens with zero attached hydrogens (tertiary/aromatic N) is 1. The summed E-state index contributed by atoms with van der Waals surface area (Å²) in [7, 11) is 3.92. The van der Waals surface area contributed by atoms with Crippen LogP contribution in [0.1, 0.15) is 59.8 Å². The molecule has 4 heteroatoms. The van der Waals surface area contributed by atoms with Gasteiger partial charge in [-0.15, -0.1) is 0 Å². The second kappa shape index (κ2) is 6.66. The Morgan fingerprint density at radius 3 is 2.29 bits per heavy atom. The van der Waals surface area contributed by atoms with Crippen LogP contribution in [0.4, 0.5) is 0 Å². The molecule has 1 aliphatic carbocycles. The van der Waals surface area contributed by atoms with E-state index in [1.54, 1.807) is 0 Å². The van der Waals surface area contributed by atoms with Gasteiger partial charge in [-0.3, -0.25) is 4.79 Å². The summed E-state index contributed by atoms with van der Waals surface area (Å²) >= 11 is 0. The van der Waals surface area contributed by atoms with Gasteiger partial charge in [0.05, 0.1) is 11.0 Å². The van der Waals surface area contributed by atoms with Gasteiger partial charge in [-0.1, -0.05) is 20.8 Å². The molecule has 1 saturated carbocycles. The molecule has 1 N–H and O–H groups in total. The predicted molar refractivity (Wildman–Crippen MR) is 85.1 cm³/mol. The predicted octanol–water partition coefficient (Wildman–Crippen LogP) is 2.84. The third-order valence-electron chi connectivity index (χ3n) is 5.82. The minimum Gasteiger partial charge on any atom is -0.464 e. The van der Waals surface area contributed by atoms with E-state index in [-0.39, 0.29) is 11.4 Å². The normalized spacial score (nSPS) is 36.8. The topological polar surface area (TPSA) is 49.8 Å². The Morgan fingerprint density at radius 1 is 1.19 bits per heavy atom. The number of ether oxygens (including phenoxy) is 1. The molecule has 1 aliphatic rings. The van der Waals surface area contributed by atoms with Crippen molar-refractivity contribution in [1.82, 2.24) is 4.90 Å². The summed E-state index contributed by atoms with van der Waals surface area (Å²) in [5, 5.41) is 10.7. The molecule has 124 valence electrons. The second-order valence-corrected chi connectivity index (χ2v) is 7.44. The van der Waals surface area contributed by atoms with Crippen LogP contribution >= 0.6 is 0 Å². The van der Waals surface area contributed by atoms with Crippen molar-refractivity contribution in [3.63, 3.8) is 0 Å². The number of likely N-dealkylation sites (N-methyl/N-ethyl adjacent to an activating group) is 1. The number of rotatable bonds is 6. The molecule has 0 aromatic carbocycles. The Kier molecular flexibility index (Phi) is 5.84. The van der Waals surface area contributed by atoms with Crippen LogP contribution in [-0.2, 0) is 9.53 Å². The van der Waals surface area contributed by atoms with Gasteiger partial charge in [0.15, 0.2) is 0 Å². The fourth-order valence-electron chi connectivity index (χ4n) is 3.41. The average Bonchev–Trinajstić information content (AvgIpc) is 2.43. The van der Waals surface area contributed by atoms with Crippen molar-refractivity contribution in [2.75, 3.05) is 27.2 Å². The first kappa shape index (κ1) is 18.4. The Morgan fingerprint density at radius 2 is 1.81 bits per heavy atom. The maximum atomic E-state index is 12.7. The van der Waals surface area contributed by atoms with E-state index in [2.05, 4.69) is 13.8 Å². The average molecular weight is 299 g/mol. The standard InChI is InChI=1S/C17H33NO3/c1-7-15(3)9-10-17(20,8-2)13-16(15,4)14(19)21-12-11-18(5)6/h20H,7-13H2,1-6H3. The molecule has 0 aromatic heterocycles. The first-order valence-corrected chi connectivity index (χ1v) is 8.17. The summed E-state index contributed by atoms with van der Waals surface area (Å²) in [4.78, 5) is 14.7. The van der Waals surface area contributed by atoms with Gasteiger partial charge in [0, 0.05) is 6.54 Å². The van der Waals surface area contributed by atoms with E-state index in [9.17, 15) is 9.90 Å². The fraction of sp³-hybridized carbons (Fsp3) is 0.941. The van der Waals surface area contributed by atoms with Crippen LogP contribution in [-0.4, -0.2) is 48.8 Å². The van der Waals surface area contributed by atoms with Crippen molar-refractivity contribution >= 4 is 5.97 Å². The largest absolute Gasteiger partial charge is 0.464 e. The van der Waals surface area contributed by atoms with Crippen molar-refractivity contribution in [2.45, 2.75) is 65.4 Å². The van der Waals surface area contributed by atoms with E-state index in [0.717, 1.165) is 25.8 Å². The fourth-order valence-corrected chi connectivity index (χ4v) is 3.41. The summed E-state index contributed by atoms with van der Waals surface area (Å²) in [6.45, 7) is 9.40. The zero-order valence-corrected chi connectivity index (χ0v) is 14.7. The molecule has 21 heavy (non-hydrogen) atoms. The molecule has 1 rings (SSSR count). The van der Waals surface area contributed by atoms with Crippen molar-refractivity contribution in [2.24, 2.45) is 10.8 Å². The molecule has 0 spiro atoms. The van der Waals surface area contributed by atoms with Crippen LogP contribution in [0, 0.1) is 10.8 Å². The van der Waals surface area contributed by atoms with E-state index >= 15 is 0 Å². The van der Waals surface area contributed by atoms with Crippen LogP contribution in [0.3, 0.4) is 0 Å². The highest BCUT2D eigenvalue weighted by atomic mass is 16.5. The number of aliphatic hydroxyl groups is 1. The van der Waals surface area contributed by atoms with Gasteiger partial charge in [0.25, 0.3) is 0 Å². The van der Waals surface area contributed by atoms with E-state index in [1.807, 2.05) is 32.8 Å². The van der Waals surface area contributed by atoms with Gasteiger partial charge in [-0.05, 0) is 58.5 Å². The maximum Gasteiger partial charge on any atom is 0.312 e. The van der Waals surface area contributed by atoms with Gasteiger partial charge in [-0.25, -0.2) is 0 Å². The summed E-state index contributed by atoms with van der Waals surface area (Å²) in [6, 6.07) is 0. The number of esters is 1. The first-order valence-electron chi connectivity index (χ1n) is 8.17. The lowest BCUT2D eigenvalue weighted by Crippen LogP contribution is -2.54. The van der Waals surface area contributed by atoms with Gasteiger partial charge in [-0.2, -0.15) is 0 Å². The molecule has 4 nitrogen and oxygen atoms in total. The molecule has 0 saturated heterocycles. The molecule has 0 aliphatic heterocycles. The van der Waals surface area contributed by atoms with Gasteiger partial charge in [0.1, 0.15) is 6.61 Å². The van der Waals surface area contributed by atoms with E-state index in [4.69, 9.17) is 4.74 Å². The van der Waals surface area contributed by atoms with Crippen molar-refractivity contribution in [1.29, 1.82) is 0 Å². The highest BCUT2D eigenvalue weighted by molar-refractivity contribution is 5.78. The first-order chi connectivity index (χ1) is 9.62. The molecule has 0 amide bonds. The highest BCUT2D eigenvalue weighted by Gasteiger charge is 2.57. The molecule has 0 heterocycles. The van der Waals surface area contributed by atoms with Crippen LogP contribution in [0.25, 0.3) is 0 Å². The lowest BCUT2D eigenvalue weighted by atomic mass is 9.53. The van der Waals surface area contributed by atoms with Gasteiger partial charge < -0.3 is 14.7 Å². The van der Waals surface area contributed by atoms with Crippen LogP contribution in [0.5, 0.6) is 0 Å².